The quantitative estimate of drug-likeness (QED) is 0.791. The Balaban J connectivity index is 1.82. The maximum Gasteiger partial charge on any atom is 0.0721 e. The number of nitrogens with two attached hydrogens (primary N) is 1. The van der Waals surface area contributed by atoms with Crippen molar-refractivity contribution in [2.75, 3.05) is 5.73 Å². The normalized spacial score (nSPS) is 25.6. The molecule has 2 atom stereocenters. The van der Waals surface area contributed by atoms with E-state index in [0.29, 0.717) is 12.7 Å². The van der Waals surface area contributed by atoms with Crippen LogP contribution in [0.4, 0.5) is 5.69 Å². The van der Waals surface area contributed by atoms with Gasteiger partial charge in [0.2, 0.25) is 0 Å². The molecule has 0 amide bonds. The molecule has 2 rings (SSSR count). The van der Waals surface area contributed by atoms with E-state index in [4.69, 9.17) is 10.5 Å². The van der Waals surface area contributed by atoms with Gasteiger partial charge < -0.3 is 10.5 Å². The summed E-state index contributed by atoms with van der Waals surface area (Å²) in [6.45, 7) is 3.01. The number of benzene rings is 1. The molecule has 0 aliphatic heterocycles. The third kappa shape index (κ3) is 3.24. The molecule has 0 bridgehead atoms. The minimum atomic E-state index is 0.449. The topological polar surface area (TPSA) is 35.2 Å². The van der Waals surface area contributed by atoms with Crippen molar-refractivity contribution in [3.05, 3.63) is 29.8 Å². The second kappa shape index (κ2) is 5.35. The molecule has 88 valence electrons. The number of rotatable bonds is 3. The summed E-state index contributed by atoms with van der Waals surface area (Å²) >= 11 is 0. The summed E-state index contributed by atoms with van der Waals surface area (Å²) in [4.78, 5) is 0. The van der Waals surface area contributed by atoms with Crippen molar-refractivity contribution in [3.8, 4) is 0 Å². The van der Waals surface area contributed by atoms with E-state index in [1.807, 2.05) is 18.2 Å². The van der Waals surface area contributed by atoms with Crippen LogP contribution in [0.5, 0.6) is 0 Å². The van der Waals surface area contributed by atoms with Crippen molar-refractivity contribution in [2.45, 2.75) is 45.3 Å². The summed E-state index contributed by atoms with van der Waals surface area (Å²) in [7, 11) is 0. The zero-order chi connectivity index (χ0) is 11.4. The minimum absolute atomic E-state index is 0.449. The molecule has 1 aromatic carbocycles. The van der Waals surface area contributed by atoms with Crippen molar-refractivity contribution in [1.29, 1.82) is 0 Å². The lowest BCUT2D eigenvalue weighted by atomic mass is 9.89. The van der Waals surface area contributed by atoms with Crippen LogP contribution in [0.15, 0.2) is 24.3 Å². The highest BCUT2D eigenvalue weighted by molar-refractivity contribution is 5.40. The first kappa shape index (κ1) is 11.5. The van der Waals surface area contributed by atoms with Gasteiger partial charge in [-0.15, -0.1) is 0 Å². The number of nitrogen functional groups attached to an aromatic ring is 1. The van der Waals surface area contributed by atoms with E-state index in [-0.39, 0.29) is 0 Å². The summed E-state index contributed by atoms with van der Waals surface area (Å²) in [6.07, 6.45) is 5.54. The highest BCUT2D eigenvalue weighted by Crippen LogP contribution is 2.26. The molecular weight excluding hydrogens is 198 g/mol. The van der Waals surface area contributed by atoms with E-state index in [2.05, 4.69) is 13.0 Å². The van der Waals surface area contributed by atoms with Crippen LogP contribution in [0.25, 0.3) is 0 Å². The largest absolute Gasteiger partial charge is 0.399 e. The van der Waals surface area contributed by atoms with Crippen molar-refractivity contribution in [1.82, 2.24) is 0 Å². The second-order valence-corrected chi connectivity index (χ2v) is 4.95. The van der Waals surface area contributed by atoms with Crippen LogP contribution in [0.2, 0.25) is 0 Å². The molecule has 0 heterocycles. The Morgan fingerprint density at radius 1 is 1.38 bits per heavy atom. The van der Waals surface area contributed by atoms with Gasteiger partial charge in [0.15, 0.2) is 0 Å². The number of anilines is 1. The summed E-state index contributed by atoms with van der Waals surface area (Å²) in [5.74, 6) is 0.819. The van der Waals surface area contributed by atoms with Crippen molar-refractivity contribution >= 4 is 5.69 Å². The molecule has 1 fully saturated rings. The Bertz CT molecular complexity index is 337. The van der Waals surface area contributed by atoms with Gasteiger partial charge in [0, 0.05) is 5.69 Å². The van der Waals surface area contributed by atoms with Crippen LogP contribution >= 0.6 is 0 Å². The van der Waals surface area contributed by atoms with E-state index < -0.39 is 0 Å². The molecule has 2 N–H and O–H groups in total. The van der Waals surface area contributed by atoms with E-state index in [1.54, 1.807) is 0 Å². The Morgan fingerprint density at radius 2 is 2.25 bits per heavy atom. The number of ether oxygens (including phenoxy) is 1. The second-order valence-electron chi connectivity index (χ2n) is 4.95. The van der Waals surface area contributed by atoms with Crippen LogP contribution in [0.1, 0.15) is 38.2 Å². The lowest BCUT2D eigenvalue weighted by Crippen LogP contribution is -2.21. The van der Waals surface area contributed by atoms with Crippen molar-refractivity contribution in [3.63, 3.8) is 0 Å². The van der Waals surface area contributed by atoms with Gasteiger partial charge in [-0.1, -0.05) is 31.9 Å². The van der Waals surface area contributed by atoms with E-state index >= 15 is 0 Å². The Morgan fingerprint density at radius 3 is 3.00 bits per heavy atom. The van der Waals surface area contributed by atoms with E-state index in [1.165, 1.54) is 31.2 Å². The first-order valence-electron chi connectivity index (χ1n) is 6.20. The zero-order valence-electron chi connectivity index (χ0n) is 9.99. The van der Waals surface area contributed by atoms with Crippen molar-refractivity contribution in [2.24, 2.45) is 5.92 Å². The Hall–Kier alpha value is -1.02. The van der Waals surface area contributed by atoms with Gasteiger partial charge in [-0.3, -0.25) is 0 Å². The van der Waals surface area contributed by atoms with Gasteiger partial charge in [0.25, 0.3) is 0 Å². The molecule has 0 aromatic heterocycles. The standard InChI is InChI=1S/C14H21NO/c1-11-4-2-7-14(8-11)16-10-12-5-3-6-13(15)9-12/h3,5-6,9,11,14H,2,4,7-8,10,15H2,1H3/t11-,14-/m0/s1. The van der Waals surface area contributed by atoms with Gasteiger partial charge >= 0.3 is 0 Å². The van der Waals surface area contributed by atoms with Crippen LogP contribution < -0.4 is 5.73 Å². The SMILES string of the molecule is C[C@H]1CCC[C@H](OCc2cccc(N)c2)C1. The predicted molar refractivity (Wildman–Crippen MR) is 67.1 cm³/mol. The molecule has 16 heavy (non-hydrogen) atoms. The molecule has 0 unspecified atom stereocenters. The molecule has 1 aliphatic rings. The highest BCUT2D eigenvalue weighted by atomic mass is 16.5. The van der Waals surface area contributed by atoms with Gasteiger partial charge in [0.05, 0.1) is 12.7 Å². The molecule has 2 nitrogen and oxygen atoms in total. The molecule has 1 aromatic rings. The first-order valence-corrected chi connectivity index (χ1v) is 6.20. The molecule has 1 aliphatic carbocycles. The third-order valence-corrected chi connectivity index (χ3v) is 3.33. The molecule has 2 heteroatoms. The first-order chi connectivity index (χ1) is 7.74. The smallest absolute Gasteiger partial charge is 0.0721 e. The van der Waals surface area contributed by atoms with Gasteiger partial charge in [-0.25, -0.2) is 0 Å². The molecule has 0 radical (unpaired) electrons. The van der Waals surface area contributed by atoms with Crippen molar-refractivity contribution < 1.29 is 4.74 Å². The number of hydrogen-bond acceptors (Lipinski definition) is 2. The average Bonchev–Trinajstić information content (AvgIpc) is 2.27. The fraction of sp³-hybridized carbons (Fsp3) is 0.571. The van der Waals surface area contributed by atoms with Crippen LogP contribution in [0.3, 0.4) is 0 Å². The Labute approximate surface area is 97.8 Å². The lowest BCUT2D eigenvalue weighted by Gasteiger charge is -2.26. The predicted octanol–water partition coefficient (Wildman–Crippen LogP) is 3.36. The van der Waals surface area contributed by atoms with Gasteiger partial charge in [-0.05, 0) is 36.5 Å². The van der Waals surface area contributed by atoms with Crippen LogP contribution in [0, 0.1) is 5.92 Å². The Kier molecular flexibility index (Phi) is 3.83. The molecule has 0 saturated heterocycles. The zero-order valence-corrected chi connectivity index (χ0v) is 9.99. The molecular formula is C14H21NO. The third-order valence-electron chi connectivity index (χ3n) is 3.33. The van der Waals surface area contributed by atoms with Crippen LogP contribution in [-0.2, 0) is 11.3 Å². The summed E-state index contributed by atoms with van der Waals surface area (Å²) < 4.78 is 5.94. The van der Waals surface area contributed by atoms with E-state index in [9.17, 15) is 0 Å². The molecule has 0 spiro atoms. The fourth-order valence-electron chi connectivity index (χ4n) is 2.43. The maximum atomic E-state index is 5.94. The maximum absolute atomic E-state index is 5.94. The fourth-order valence-corrected chi connectivity index (χ4v) is 2.43. The summed E-state index contributed by atoms with van der Waals surface area (Å²) in [5.41, 5.74) is 7.73. The monoisotopic (exact) mass is 219 g/mol. The number of hydrogen-bond donors (Lipinski definition) is 1. The minimum Gasteiger partial charge on any atom is -0.399 e. The highest BCUT2D eigenvalue weighted by Gasteiger charge is 2.19. The summed E-state index contributed by atoms with van der Waals surface area (Å²) in [6, 6.07) is 7.96. The average molecular weight is 219 g/mol. The van der Waals surface area contributed by atoms with Crippen LogP contribution in [-0.4, -0.2) is 6.10 Å². The van der Waals surface area contributed by atoms with Gasteiger partial charge in [-0.2, -0.15) is 0 Å². The van der Waals surface area contributed by atoms with Gasteiger partial charge in [0.1, 0.15) is 0 Å². The van der Waals surface area contributed by atoms with E-state index in [0.717, 1.165) is 11.6 Å². The summed E-state index contributed by atoms with van der Waals surface area (Å²) in [5, 5.41) is 0. The molecule has 1 saturated carbocycles. The lowest BCUT2D eigenvalue weighted by molar-refractivity contribution is 0.00469.